The number of esters is 1. The van der Waals surface area contributed by atoms with E-state index in [0.717, 1.165) is 11.4 Å². The van der Waals surface area contributed by atoms with E-state index in [1.54, 1.807) is 24.3 Å². The molecule has 148 valence electrons. The fourth-order valence-corrected chi connectivity index (χ4v) is 3.61. The molecule has 0 saturated carbocycles. The first kappa shape index (κ1) is 18.9. The number of anilines is 2. The Morgan fingerprint density at radius 3 is 2.34 bits per heavy atom. The van der Waals surface area contributed by atoms with E-state index in [9.17, 15) is 18.0 Å². The minimum absolute atomic E-state index is 0.342. The van der Waals surface area contributed by atoms with Crippen LogP contribution in [0.5, 0.6) is 11.5 Å². The molecule has 0 aromatic heterocycles. The maximum Gasteiger partial charge on any atom is 0.323 e. The summed E-state index contributed by atoms with van der Waals surface area (Å²) in [6, 6.07) is 13.4. The van der Waals surface area contributed by atoms with Crippen LogP contribution in [0.3, 0.4) is 0 Å². The van der Waals surface area contributed by atoms with Crippen molar-refractivity contribution in [3.63, 3.8) is 0 Å². The molecule has 4 nitrogen and oxygen atoms in total. The largest absolute Gasteiger partial charge is 0.496 e. The molecular formula is C22H16F3NO3. The summed E-state index contributed by atoms with van der Waals surface area (Å²) in [5.74, 6) is -5.84. The van der Waals surface area contributed by atoms with Gasteiger partial charge in [0, 0.05) is 36.1 Å². The molecular weight excluding hydrogens is 383 g/mol. The second-order valence-electron chi connectivity index (χ2n) is 6.56. The summed E-state index contributed by atoms with van der Waals surface area (Å²) in [6.07, 6.45) is 0. The van der Waals surface area contributed by atoms with Crippen molar-refractivity contribution in [2.45, 2.75) is 5.92 Å². The monoisotopic (exact) mass is 399 g/mol. The van der Waals surface area contributed by atoms with Gasteiger partial charge in [-0.15, -0.1) is 0 Å². The Hall–Kier alpha value is -3.48. The summed E-state index contributed by atoms with van der Waals surface area (Å²) in [6.45, 7) is 0. The Labute approximate surface area is 165 Å². The van der Waals surface area contributed by atoms with Crippen molar-refractivity contribution < 1.29 is 27.4 Å². The summed E-state index contributed by atoms with van der Waals surface area (Å²) in [5, 5.41) is 0. The highest BCUT2D eigenvalue weighted by atomic mass is 19.2. The highest BCUT2D eigenvalue weighted by Gasteiger charge is 2.37. The fraction of sp³-hybridized carbons (Fsp3) is 0.136. The lowest BCUT2D eigenvalue weighted by Gasteiger charge is -2.35. The van der Waals surface area contributed by atoms with E-state index in [-0.39, 0.29) is 0 Å². The van der Waals surface area contributed by atoms with Crippen LogP contribution in [-0.2, 0) is 4.79 Å². The number of nitrogens with zero attached hydrogens (tertiary/aromatic N) is 1. The molecule has 29 heavy (non-hydrogen) atoms. The number of methoxy groups -OCH3 is 1. The normalized spacial score (nSPS) is 14.8. The summed E-state index contributed by atoms with van der Waals surface area (Å²) >= 11 is 0. The Morgan fingerprint density at radius 1 is 0.897 bits per heavy atom. The number of carbonyl (C=O) groups is 1. The Morgan fingerprint density at radius 2 is 1.59 bits per heavy atom. The second kappa shape index (κ2) is 7.16. The number of hydrogen-bond acceptors (Lipinski definition) is 4. The van der Waals surface area contributed by atoms with E-state index in [0.29, 0.717) is 29.0 Å². The average Bonchev–Trinajstić information content (AvgIpc) is 2.72. The molecule has 3 aromatic carbocycles. The molecule has 0 amide bonds. The highest BCUT2D eigenvalue weighted by molar-refractivity contribution is 5.93. The van der Waals surface area contributed by atoms with Crippen molar-refractivity contribution in [2.75, 3.05) is 19.1 Å². The maximum absolute atomic E-state index is 14.0. The van der Waals surface area contributed by atoms with Crippen molar-refractivity contribution in [2.24, 2.45) is 0 Å². The smallest absolute Gasteiger partial charge is 0.323 e. The minimum atomic E-state index is -1.36. The van der Waals surface area contributed by atoms with Crippen LogP contribution >= 0.6 is 0 Å². The summed E-state index contributed by atoms with van der Waals surface area (Å²) in [7, 11) is 3.33. The first-order valence-corrected chi connectivity index (χ1v) is 8.78. The number of rotatable bonds is 3. The quantitative estimate of drug-likeness (QED) is 0.356. The molecule has 0 saturated heterocycles. The number of hydrogen-bond donors (Lipinski definition) is 0. The second-order valence-corrected chi connectivity index (χ2v) is 6.56. The van der Waals surface area contributed by atoms with Crippen LogP contribution in [0, 0.1) is 17.5 Å². The molecule has 1 aliphatic rings. The Bertz CT molecular complexity index is 1120. The third-order valence-corrected chi connectivity index (χ3v) is 4.94. The van der Waals surface area contributed by atoms with Crippen LogP contribution in [-0.4, -0.2) is 20.1 Å². The Kier molecular flexibility index (Phi) is 4.66. The van der Waals surface area contributed by atoms with Gasteiger partial charge in [-0.25, -0.2) is 13.2 Å². The first-order chi connectivity index (χ1) is 13.9. The summed E-state index contributed by atoms with van der Waals surface area (Å²) in [5.41, 5.74) is 2.65. The molecule has 1 aliphatic heterocycles. The minimum Gasteiger partial charge on any atom is -0.496 e. The van der Waals surface area contributed by atoms with Crippen LogP contribution in [0.2, 0.25) is 0 Å². The van der Waals surface area contributed by atoms with Crippen molar-refractivity contribution in [3.8, 4) is 11.5 Å². The highest BCUT2D eigenvalue weighted by Crippen LogP contribution is 2.48. The van der Waals surface area contributed by atoms with E-state index in [1.165, 1.54) is 7.11 Å². The van der Waals surface area contributed by atoms with Gasteiger partial charge in [0.2, 0.25) is 0 Å². The predicted octanol–water partition coefficient (Wildman–Crippen LogP) is 4.93. The van der Waals surface area contributed by atoms with Gasteiger partial charge in [0.1, 0.15) is 11.7 Å². The predicted molar refractivity (Wildman–Crippen MR) is 101 cm³/mol. The zero-order valence-corrected chi connectivity index (χ0v) is 15.6. The number of ether oxygens (including phenoxy) is 2. The van der Waals surface area contributed by atoms with Crippen molar-refractivity contribution >= 4 is 17.3 Å². The third-order valence-electron chi connectivity index (χ3n) is 4.94. The van der Waals surface area contributed by atoms with Crippen LogP contribution in [0.4, 0.5) is 24.5 Å². The lowest BCUT2D eigenvalue weighted by atomic mass is 9.84. The molecule has 0 aliphatic carbocycles. The van der Waals surface area contributed by atoms with Gasteiger partial charge in [-0.3, -0.25) is 4.79 Å². The van der Waals surface area contributed by atoms with E-state index in [2.05, 4.69) is 0 Å². The van der Waals surface area contributed by atoms with Gasteiger partial charge in [-0.1, -0.05) is 24.3 Å². The van der Waals surface area contributed by atoms with Gasteiger partial charge < -0.3 is 14.4 Å². The van der Waals surface area contributed by atoms with Crippen LogP contribution in [0.1, 0.15) is 17.0 Å². The van der Waals surface area contributed by atoms with Crippen molar-refractivity contribution in [1.29, 1.82) is 0 Å². The van der Waals surface area contributed by atoms with E-state index in [4.69, 9.17) is 9.47 Å². The molecule has 0 N–H and O–H groups in total. The number of halogens is 3. The van der Waals surface area contributed by atoms with E-state index < -0.39 is 35.1 Å². The zero-order valence-electron chi connectivity index (χ0n) is 15.6. The van der Waals surface area contributed by atoms with E-state index in [1.807, 2.05) is 30.1 Å². The number of carbonyl (C=O) groups excluding carboxylic acids is 1. The van der Waals surface area contributed by atoms with Gasteiger partial charge >= 0.3 is 5.97 Å². The van der Waals surface area contributed by atoms with Gasteiger partial charge in [0.15, 0.2) is 23.2 Å². The molecule has 0 fully saturated rings. The summed E-state index contributed by atoms with van der Waals surface area (Å²) < 4.78 is 51.4. The zero-order chi connectivity index (χ0) is 20.7. The van der Waals surface area contributed by atoms with E-state index >= 15 is 0 Å². The first-order valence-electron chi connectivity index (χ1n) is 8.78. The lowest BCUT2D eigenvalue weighted by molar-refractivity contribution is -0.135. The topological polar surface area (TPSA) is 38.8 Å². The van der Waals surface area contributed by atoms with Crippen LogP contribution < -0.4 is 14.4 Å². The SMILES string of the molecule is COc1cccc2c1C(C(=O)Oc1cc(F)c(F)cc1F)c1ccccc1N2C. The number of fused-ring (bicyclic) bond motifs is 2. The van der Waals surface area contributed by atoms with Crippen molar-refractivity contribution in [3.05, 3.63) is 83.2 Å². The molecule has 1 atom stereocenters. The van der Waals surface area contributed by atoms with Crippen molar-refractivity contribution in [1.82, 2.24) is 0 Å². The standard InChI is InChI=1S/C22H16F3NO3/c1-26-16-7-4-3-6-12(16)20(21-17(26)8-5-9-18(21)28-2)22(27)29-19-11-14(24)13(23)10-15(19)25/h3-11,20H,1-2H3. The number of para-hydroxylation sites is 1. The number of benzene rings is 3. The van der Waals surface area contributed by atoms with Gasteiger partial charge in [-0.05, 0) is 23.8 Å². The van der Waals surface area contributed by atoms with Crippen LogP contribution in [0.15, 0.2) is 54.6 Å². The molecule has 7 heteroatoms. The molecule has 1 unspecified atom stereocenters. The molecule has 0 spiro atoms. The summed E-state index contributed by atoms with van der Waals surface area (Å²) in [4.78, 5) is 15.0. The third kappa shape index (κ3) is 3.08. The fourth-order valence-electron chi connectivity index (χ4n) is 3.61. The van der Waals surface area contributed by atoms with Gasteiger partial charge in [0.05, 0.1) is 7.11 Å². The average molecular weight is 399 g/mol. The van der Waals surface area contributed by atoms with Gasteiger partial charge in [0.25, 0.3) is 0 Å². The maximum atomic E-state index is 14.0. The molecule has 4 rings (SSSR count). The molecule has 3 aromatic rings. The van der Waals surface area contributed by atoms with Gasteiger partial charge in [-0.2, -0.15) is 0 Å². The van der Waals surface area contributed by atoms with Crippen LogP contribution in [0.25, 0.3) is 0 Å². The Balaban J connectivity index is 1.84. The lowest BCUT2D eigenvalue weighted by Crippen LogP contribution is -2.29. The molecule has 1 heterocycles. The molecule has 0 radical (unpaired) electrons. The molecule has 0 bridgehead atoms.